The number of pyridine rings is 2. The van der Waals surface area contributed by atoms with Crippen LogP contribution in [0.1, 0.15) is 21.5 Å². The Labute approximate surface area is 139 Å². The third-order valence-electron chi connectivity index (χ3n) is 3.66. The van der Waals surface area contributed by atoms with E-state index in [1.54, 1.807) is 24.5 Å². The number of aromatic amines is 1. The topological polar surface area (TPSA) is 74.8 Å². The quantitative estimate of drug-likeness (QED) is 0.765. The lowest BCUT2D eigenvalue weighted by Gasteiger charge is -2.09. The minimum absolute atomic E-state index is 0.0181. The van der Waals surface area contributed by atoms with E-state index in [1.165, 1.54) is 0 Å². The summed E-state index contributed by atoms with van der Waals surface area (Å²) in [5, 5.41) is 2.61. The summed E-state index contributed by atoms with van der Waals surface area (Å²) in [6, 6.07) is 6.15. The van der Waals surface area contributed by atoms with Crippen molar-refractivity contribution in [3.05, 3.63) is 75.8 Å². The van der Waals surface area contributed by atoms with Gasteiger partial charge in [0.15, 0.2) is 0 Å². The lowest BCUT2D eigenvalue weighted by atomic mass is 10.1. The van der Waals surface area contributed by atoms with Crippen molar-refractivity contribution in [3.8, 4) is 0 Å². The summed E-state index contributed by atoms with van der Waals surface area (Å²) < 4.78 is 38.2. The van der Waals surface area contributed by atoms with Crippen LogP contribution in [0.25, 0.3) is 10.9 Å². The average Bonchev–Trinajstić information content (AvgIpc) is 2.60. The maximum atomic E-state index is 12.7. The first-order valence-corrected chi connectivity index (χ1v) is 7.26. The number of hydrogen-bond donors (Lipinski definition) is 2. The Morgan fingerprint density at radius 1 is 1.16 bits per heavy atom. The van der Waals surface area contributed by atoms with Gasteiger partial charge < -0.3 is 10.3 Å². The van der Waals surface area contributed by atoms with Gasteiger partial charge in [0.05, 0.1) is 5.56 Å². The van der Waals surface area contributed by atoms with Crippen LogP contribution < -0.4 is 10.7 Å². The number of hydrogen-bond acceptors (Lipinski definition) is 3. The molecule has 1 amide bonds. The molecule has 0 bridgehead atoms. The number of nitrogens with zero attached hydrogens (tertiary/aromatic N) is 1. The number of benzene rings is 1. The Morgan fingerprint density at radius 2 is 1.88 bits per heavy atom. The van der Waals surface area contributed by atoms with Gasteiger partial charge in [-0.2, -0.15) is 13.2 Å². The first kappa shape index (κ1) is 16.7. The second-order valence-corrected chi connectivity index (χ2v) is 5.33. The summed E-state index contributed by atoms with van der Waals surface area (Å²) in [5.74, 6) is -0.611. The summed E-state index contributed by atoms with van der Waals surface area (Å²) in [5.41, 5.74) is -0.845. The van der Waals surface area contributed by atoms with Gasteiger partial charge in [-0.15, -0.1) is 0 Å². The molecule has 0 spiro atoms. The molecule has 0 fully saturated rings. The van der Waals surface area contributed by atoms with E-state index in [0.29, 0.717) is 0 Å². The third kappa shape index (κ3) is 3.52. The Kier molecular flexibility index (Phi) is 4.26. The maximum Gasteiger partial charge on any atom is 0.416 e. The highest BCUT2D eigenvalue weighted by Gasteiger charge is 2.30. The zero-order chi connectivity index (χ0) is 18.0. The minimum atomic E-state index is -4.51. The molecule has 0 atom stereocenters. The van der Waals surface area contributed by atoms with E-state index in [0.717, 1.165) is 30.0 Å². The van der Waals surface area contributed by atoms with Crippen LogP contribution in [-0.2, 0) is 12.7 Å². The molecule has 2 aromatic heterocycles. The Morgan fingerprint density at radius 3 is 2.56 bits per heavy atom. The third-order valence-corrected chi connectivity index (χ3v) is 3.66. The molecule has 0 saturated heterocycles. The van der Waals surface area contributed by atoms with Gasteiger partial charge in [-0.3, -0.25) is 14.6 Å². The summed E-state index contributed by atoms with van der Waals surface area (Å²) in [6.45, 7) is 0.200. The van der Waals surface area contributed by atoms with Crippen molar-refractivity contribution in [2.75, 3.05) is 0 Å². The maximum absolute atomic E-state index is 12.7. The van der Waals surface area contributed by atoms with Gasteiger partial charge in [0, 0.05) is 36.0 Å². The molecule has 3 aromatic rings. The van der Waals surface area contributed by atoms with Crippen LogP contribution in [0.15, 0.2) is 53.7 Å². The number of alkyl halides is 3. The van der Waals surface area contributed by atoms with Crippen LogP contribution in [0, 0.1) is 0 Å². The van der Waals surface area contributed by atoms with E-state index in [9.17, 15) is 22.8 Å². The number of halogens is 3. The van der Waals surface area contributed by atoms with Gasteiger partial charge in [-0.1, -0.05) is 0 Å². The van der Waals surface area contributed by atoms with E-state index in [-0.39, 0.29) is 23.0 Å². The Bertz CT molecular complexity index is 982. The van der Waals surface area contributed by atoms with E-state index in [1.807, 2.05) is 0 Å². The normalized spacial score (nSPS) is 11.5. The van der Waals surface area contributed by atoms with Gasteiger partial charge in [0.1, 0.15) is 5.56 Å². The van der Waals surface area contributed by atoms with Gasteiger partial charge in [0.2, 0.25) is 5.43 Å². The van der Waals surface area contributed by atoms with Crippen LogP contribution in [0.2, 0.25) is 0 Å². The number of carbonyl (C=O) groups excluding carboxylic acids is 1. The lowest BCUT2D eigenvalue weighted by Crippen LogP contribution is -2.28. The molecule has 128 valence electrons. The number of carbonyl (C=O) groups is 1. The first-order valence-electron chi connectivity index (χ1n) is 7.26. The van der Waals surface area contributed by atoms with Crippen LogP contribution >= 0.6 is 0 Å². The number of H-pyrrole nitrogens is 1. The number of aromatic nitrogens is 2. The highest BCUT2D eigenvalue weighted by molar-refractivity contribution is 5.97. The Balaban J connectivity index is 1.88. The molecule has 0 aliphatic heterocycles. The highest BCUT2D eigenvalue weighted by Crippen LogP contribution is 2.30. The summed E-state index contributed by atoms with van der Waals surface area (Å²) in [7, 11) is 0. The fourth-order valence-electron chi connectivity index (χ4n) is 2.35. The van der Waals surface area contributed by atoms with Crippen molar-refractivity contribution in [1.29, 1.82) is 0 Å². The number of rotatable bonds is 3. The SMILES string of the molecule is O=C(NCc1ccncc1)c1c[nH]c2cc(C(F)(F)F)ccc2c1=O. The van der Waals surface area contributed by atoms with Crippen molar-refractivity contribution < 1.29 is 18.0 Å². The molecule has 0 saturated carbocycles. The van der Waals surface area contributed by atoms with Crippen molar-refractivity contribution in [1.82, 2.24) is 15.3 Å². The summed E-state index contributed by atoms with van der Waals surface area (Å²) >= 11 is 0. The fourth-order valence-corrected chi connectivity index (χ4v) is 2.35. The molecule has 2 heterocycles. The molecule has 5 nitrogen and oxygen atoms in total. The molecule has 0 aliphatic rings. The number of fused-ring (bicyclic) bond motifs is 1. The summed E-state index contributed by atoms with van der Waals surface area (Å²) in [6.07, 6.45) is -0.247. The molecule has 2 N–H and O–H groups in total. The number of amides is 1. The zero-order valence-corrected chi connectivity index (χ0v) is 12.7. The molecule has 0 unspecified atom stereocenters. The zero-order valence-electron chi connectivity index (χ0n) is 12.7. The average molecular weight is 347 g/mol. The Hall–Kier alpha value is -3.16. The monoisotopic (exact) mass is 347 g/mol. The van der Waals surface area contributed by atoms with E-state index < -0.39 is 23.1 Å². The standard InChI is InChI=1S/C17H12F3N3O2/c18-17(19,20)11-1-2-12-14(7-11)22-9-13(15(12)24)16(25)23-8-10-3-5-21-6-4-10/h1-7,9H,8H2,(H,22,24)(H,23,25). The molecular formula is C17H12F3N3O2. The molecule has 3 rings (SSSR count). The summed E-state index contributed by atoms with van der Waals surface area (Å²) in [4.78, 5) is 31.0. The smallest absolute Gasteiger partial charge is 0.360 e. The van der Waals surface area contributed by atoms with Crippen molar-refractivity contribution >= 4 is 16.8 Å². The predicted molar refractivity (Wildman–Crippen MR) is 85.0 cm³/mol. The van der Waals surface area contributed by atoms with Gasteiger partial charge >= 0.3 is 6.18 Å². The van der Waals surface area contributed by atoms with Crippen LogP contribution in [0.3, 0.4) is 0 Å². The van der Waals surface area contributed by atoms with E-state index in [2.05, 4.69) is 15.3 Å². The molecular weight excluding hydrogens is 335 g/mol. The van der Waals surface area contributed by atoms with Crippen LogP contribution in [0.5, 0.6) is 0 Å². The van der Waals surface area contributed by atoms with Gasteiger partial charge in [-0.05, 0) is 35.9 Å². The molecule has 25 heavy (non-hydrogen) atoms. The van der Waals surface area contributed by atoms with Crippen molar-refractivity contribution in [2.24, 2.45) is 0 Å². The molecule has 0 aliphatic carbocycles. The van der Waals surface area contributed by atoms with Crippen molar-refractivity contribution in [2.45, 2.75) is 12.7 Å². The van der Waals surface area contributed by atoms with Gasteiger partial charge in [0.25, 0.3) is 5.91 Å². The predicted octanol–water partition coefficient (Wildman–Crippen LogP) is 2.87. The molecule has 8 heteroatoms. The van der Waals surface area contributed by atoms with Crippen LogP contribution in [-0.4, -0.2) is 15.9 Å². The lowest BCUT2D eigenvalue weighted by molar-refractivity contribution is -0.137. The fraction of sp³-hybridized carbons (Fsp3) is 0.118. The van der Waals surface area contributed by atoms with Crippen LogP contribution in [0.4, 0.5) is 13.2 Å². The van der Waals surface area contributed by atoms with E-state index in [4.69, 9.17) is 0 Å². The highest BCUT2D eigenvalue weighted by atomic mass is 19.4. The number of nitrogens with one attached hydrogen (secondary N) is 2. The molecule has 0 radical (unpaired) electrons. The van der Waals surface area contributed by atoms with Crippen molar-refractivity contribution in [3.63, 3.8) is 0 Å². The second-order valence-electron chi connectivity index (χ2n) is 5.33. The largest absolute Gasteiger partial charge is 0.416 e. The van der Waals surface area contributed by atoms with Gasteiger partial charge in [-0.25, -0.2) is 0 Å². The second kappa shape index (κ2) is 6.39. The van der Waals surface area contributed by atoms with E-state index >= 15 is 0 Å². The molecule has 1 aromatic carbocycles. The minimum Gasteiger partial charge on any atom is -0.360 e. The first-order chi connectivity index (χ1) is 11.9.